The van der Waals surface area contributed by atoms with E-state index < -0.39 is 18.2 Å². The van der Waals surface area contributed by atoms with Crippen LogP contribution >= 0.6 is 0 Å². The van der Waals surface area contributed by atoms with E-state index >= 15 is 0 Å². The Morgan fingerprint density at radius 3 is 2.63 bits per heavy atom. The summed E-state index contributed by atoms with van der Waals surface area (Å²) >= 11 is 0.293. The molecule has 2 fully saturated rings. The van der Waals surface area contributed by atoms with Gasteiger partial charge in [0, 0.05) is 0 Å². The molecule has 1 aromatic carbocycles. The second-order valence-electron chi connectivity index (χ2n) is 5.26. The van der Waals surface area contributed by atoms with Crippen LogP contribution in [0.15, 0.2) is 30.3 Å². The molecule has 0 bridgehead atoms. The molecule has 19 heavy (non-hydrogen) atoms. The molecule has 2 aliphatic rings. The van der Waals surface area contributed by atoms with Crippen LogP contribution in [0.2, 0.25) is 5.32 Å². The van der Waals surface area contributed by atoms with E-state index in [4.69, 9.17) is 14.2 Å². The SMILES string of the molecule is CC1(C)O[C@H]2O[C@H](C[Se]c3ccccc3)[C@H](O)[C@H]2O1. The van der Waals surface area contributed by atoms with Crippen molar-refractivity contribution >= 4 is 19.4 Å². The van der Waals surface area contributed by atoms with Crippen LogP contribution in [-0.4, -0.2) is 50.5 Å². The molecule has 2 aliphatic heterocycles. The Morgan fingerprint density at radius 1 is 1.21 bits per heavy atom. The fourth-order valence-electron chi connectivity index (χ4n) is 2.39. The molecular weight excluding hydrogens is 311 g/mol. The van der Waals surface area contributed by atoms with Crippen LogP contribution in [-0.2, 0) is 14.2 Å². The molecule has 0 amide bonds. The number of aliphatic hydroxyl groups excluding tert-OH is 1. The van der Waals surface area contributed by atoms with Gasteiger partial charge in [-0.2, -0.15) is 0 Å². The number of hydrogen-bond donors (Lipinski definition) is 1. The Bertz CT molecular complexity index is 436. The summed E-state index contributed by atoms with van der Waals surface area (Å²) in [5.74, 6) is -0.661. The Kier molecular flexibility index (Phi) is 3.69. The normalized spacial score (nSPS) is 36.4. The fourth-order valence-corrected chi connectivity index (χ4v) is 4.45. The second kappa shape index (κ2) is 5.17. The van der Waals surface area contributed by atoms with E-state index in [1.54, 1.807) is 0 Å². The van der Waals surface area contributed by atoms with Gasteiger partial charge in [-0.15, -0.1) is 0 Å². The number of hydrogen-bond acceptors (Lipinski definition) is 4. The Balaban J connectivity index is 1.57. The van der Waals surface area contributed by atoms with Crippen molar-refractivity contribution in [1.29, 1.82) is 0 Å². The third-order valence-electron chi connectivity index (χ3n) is 3.27. The average molecular weight is 329 g/mol. The van der Waals surface area contributed by atoms with Gasteiger partial charge < -0.3 is 0 Å². The number of ether oxygens (including phenoxy) is 3. The molecule has 0 aliphatic carbocycles. The molecule has 1 N–H and O–H groups in total. The Morgan fingerprint density at radius 2 is 1.95 bits per heavy atom. The van der Waals surface area contributed by atoms with Crippen molar-refractivity contribution in [3.8, 4) is 0 Å². The van der Waals surface area contributed by atoms with Gasteiger partial charge in [-0.3, -0.25) is 0 Å². The van der Waals surface area contributed by atoms with E-state index in [0.717, 1.165) is 5.32 Å². The molecule has 0 radical (unpaired) electrons. The summed E-state index contributed by atoms with van der Waals surface area (Å²) in [5.41, 5.74) is 0. The van der Waals surface area contributed by atoms with Gasteiger partial charge in [-0.1, -0.05) is 0 Å². The first-order valence-electron chi connectivity index (χ1n) is 6.42. The zero-order chi connectivity index (χ0) is 13.5. The summed E-state index contributed by atoms with van der Waals surface area (Å²) in [6.45, 7) is 3.68. The summed E-state index contributed by atoms with van der Waals surface area (Å²) in [5, 5.41) is 11.1. The van der Waals surface area contributed by atoms with Crippen LogP contribution in [0.1, 0.15) is 13.8 Å². The standard InChI is InChI=1S/C14H18O4Se/c1-14(2)17-12-11(15)10(16-13(12)18-14)8-19-9-6-4-3-5-7-9/h3-7,10-13,15H,8H2,1-2H3/t10-,11+,12-,13-/m1/s1. The van der Waals surface area contributed by atoms with Gasteiger partial charge in [0.2, 0.25) is 0 Å². The van der Waals surface area contributed by atoms with E-state index in [2.05, 4.69) is 12.1 Å². The molecule has 2 heterocycles. The molecule has 104 valence electrons. The predicted molar refractivity (Wildman–Crippen MR) is 71.3 cm³/mol. The van der Waals surface area contributed by atoms with Crippen LogP contribution in [0, 0.1) is 0 Å². The van der Waals surface area contributed by atoms with Gasteiger partial charge >= 0.3 is 119 Å². The molecule has 4 atom stereocenters. The second-order valence-corrected chi connectivity index (χ2v) is 7.55. The first-order valence-corrected chi connectivity index (χ1v) is 8.49. The van der Waals surface area contributed by atoms with E-state index in [1.807, 2.05) is 32.0 Å². The van der Waals surface area contributed by atoms with Gasteiger partial charge in [0.1, 0.15) is 0 Å². The fraction of sp³-hybridized carbons (Fsp3) is 0.571. The summed E-state index contributed by atoms with van der Waals surface area (Å²) in [6.07, 6.45) is -1.57. The molecule has 0 saturated carbocycles. The van der Waals surface area contributed by atoms with Crippen molar-refractivity contribution in [3.63, 3.8) is 0 Å². The van der Waals surface area contributed by atoms with Crippen LogP contribution in [0.25, 0.3) is 0 Å². The Hall–Kier alpha value is -0.421. The summed E-state index contributed by atoms with van der Waals surface area (Å²) < 4.78 is 18.4. The zero-order valence-electron chi connectivity index (χ0n) is 11.0. The first kappa shape index (κ1) is 13.6. The molecule has 3 rings (SSSR count). The number of aliphatic hydroxyl groups is 1. The molecule has 2 saturated heterocycles. The van der Waals surface area contributed by atoms with Crippen molar-refractivity contribution in [1.82, 2.24) is 0 Å². The third kappa shape index (κ3) is 2.87. The first-order chi connectivity index (χ1) is 9.05. The quantitative estimate of drug-likeness (QED) is 0.829. The van der Waals surface area contributed by atoms with Gasteiger partial charge in [-0.25, -0.2) is 0 Å². The van der Waals surface area contributed by atoms with Crippen molar-refractivity contribution in [3.05, 3.63) is 30.3 Å². The van der Waals surface area contributed by atoms with Gasteiger partial charge in [-0.05, 0) is 0 Å². The van der Waals surface area contributed by atoms with Gasteiger partial charge in [0.25, 0.3) is 0 Å². The molecule has 1 aromatic rings. The summed E-state index contributed by atoms with van der Waals surface area (Å²) in [6, 6.07) is 10.3. The summed E-state index contributed by atoms with van der Waals surface area (Å²) in [7, 11) is 0. The van der Waals surface area contributed by atoms with Crippen LogP contribution < -0.4 is 4.46 Å². The topological polar surface area (TPSA) is 47.9 Å². The maximum absolute atomic E-state index is 10.2. The van der Waals surface area contributed by atoms with Crippen molar-refractivity contribution in [2.24, 2.45) is 0 Å². The van der Waals surface area contributed by atoms with Crippen molar-refractivity contribution in [2.75, 3.05) is 0 Å². The van der Waals surface area contributed by atoms with E-state index in [9.17, 15) is 5.11 Å². The minimum absolute atomic E-state index is 0.189. The number of rotatable bonds is 3. The Labute approximate surface area is 119 Å². The molecule has 0 spiro atoms. The van der Waals surface area contributed by atoms with Crippen LogP contribution in [0.4, 0.5) is 0 Å². The van der Waals surface area contributed by atoms with Crippen LogP contribution in [0.3, 0.4) is 0 Å². The van der Waals surface area contributed by atoms with Gasteiger partial charge in [0.05, 0.1) is 0 Å². The minimum atomic E-state index is -0.661. The molecule has 0 aromatic heterocycles. The molecule has 4 nitrogen and oxygen atoms in total. The third-order valence-corrected chi connectivity index (χ3v) is 5.58. The monoisotopic (exact) mass is 330 g/mol. The zero-order valence-corrected chi connectivity index (χ0v) is 12.7. The van der Waals surface area contributed by atoms with Crippen molar-refractivity contribution in [2.45, 2.75) is 49.6 Å². The number of fused-ring (bicyclic) bond motifs is 1. The maximum atomic E-state index is 10.2. The van der Waals surface area contributed by atoms with E-state index in [-0.39, 0.29) is 12.2 Å². The van der Waals surface area contributed by atoms with E-state index in [1.165, 1.54) is 4.46 Å². The van der Waals surface area contributed by atoms with Crippen molar-refractivity contribution < 1.29 is 19.3 Å². The summed E-state index contributed by atoms with van der Waals surface area (Å²) in [4.78, 5) is 0. The predicted octanol–water partition coefficient (Wildman–Crippen LogP) is 0.672. The molecular formula is C14H18O4Se. The van der Waals surface area contributed by atoms with Gasteiger partial charge in [0.15, 0.2) is 0 Å². The molecule has 5 heteroatoms. The van der Waals surface area contributed by atoms with Crippen LogP contribution in [0.5, 0.6) is 0 Å². The average Bonchev–Trinajstić information content (AvgIpc) is 2.83. The number of benzene rings is 1. The molecule has 0 unspecified atom stereocenters. The van der Waals surface area contributed by atoms with E-state index in [0.29, 0.717) is 15.0 Å².